The standard InChI is InChI=1S/C15H24N4O/c1-12(2)11-18-6-8-19(9-7-18)15(20)13-4-5-17-14(10-13)16-3/h4-5,10,12H,6-9,11H2,1-3H3,(H,16,17). The second kappa shape index (κ2) is 6.70. The summed E-state index contributed by atoms with van der Waals surface area (Å²) in [5, 5.41) is 2.96. The minimum atomic E-state index is 0.105. The molecule has 5 nitrogen and oxygen atoms in total. The Bertz CT molecular complexity index is 453. The number of nitrogens with one attached hydrogen (secondary N) is 1. The fourth-order valence-corrected chi connectivity index (χ4v) is 2.53. The third-order valence-electron chi connectivity index (χ3n) is 3.55. The Morgan fingerprint density at radius 1 is 1.35 bits per heavy atom. The first-order valence-corrected chi connectivity index (χ1v) is 7.25. The van der Waals surface area contributed by atoms with Gasteiger partial charge in [-0.25, -0.2) is 4.98 Å². The smallest absolute Gasteiger partial charge is 0.254 e. The van der Waals surface area contributed by atoms with Crippen molar-refractivity contribution in [2.45, 2.75) is 13.8 Å². The minimum absolute atomic E-state index is 0.105. The van der Waals surface area contributed by atoms with Crippen molar-refractivity contribution in [3.05, 3.63) is 23.9 Å². The molecule has 0 aliphatic carbocycles. The topological polar surface area (TPSA) is 48.5 Å². The van der Waals surface area contributed by atoms with Crippen molar-refractivity contribution >= 4 is 11.7 Å². The lowest BCUT2D eigenvalue weighted by Gasteiger charge is -2.35. The molecule has 5 heteroatoms. The van der Waals surface area contributed by atoms with E-state index in [4.69, 9.17) is 0 Å². The molecule has 20 heavy (non-hydrogen) atoms. The van der Waals surface area contributed by atoms with E-state index in [-0.39, 0.29) is 5.91 Å². The highest BCUT2D eigenvalue weighted by atomic mass is 16.2. The van der Waals surface area contributed by atoms with Crippen LogP contribution in [0.4, 0.5) is 5.82 Å². The van der Waals surface area contributed by atoms with E-state index in [1.165, 1.54) is 0 Å². The molecule has 1 aromatic rings. The molecule has 1 fully saturated rings. The Labute approximate surface area is 121 Å². The van der Waals surface area contributed by atoms with Gasteiger partial charge in [-0.3, -0.25) is 9.69 Å². The van der Waals surface area contributed by atoms with E-state index in [0.717, 1.165) is 38.5 Å². The first-order valence-electron chi connectivity index (χ1n) is 7.25. The van der Waals surface area contributed by atoms with E-state index in [0.29, 0.717) is 11.5 Å². The van der Waals surface area contributed by atoms with Gasteiger partial charge in [0.1, 0.15) is 5.82 Å². The number of amides is 1. The molecule has 1 N–H and O–H groups in total. The summed E-state index contributed by atoms with van der Waals surface area (Å²) in [6.07, 6.45) is 1.67. The number of pyridine rings is 1. The van der Waals surface area contributed by atoms with Gasteiger partial charge in [0, 0.05) is 51.5 Å². The van der Waals surface area contributed by atoms with Gasteiger partial charge in [-0.15, -0.1) is 0 Å². The van der Waals surface area contributed by atoms with Crippen molar-refractivity contribution in [3.63, 3.8) is 0 Å². The molecule has 2 heterocycles. The van der Waals surface area contributed by atoms with Crippen molar-refractivity contribution in [1.29, 1.82) is 0 Å². The largest absolute Gasteiger partial charge is 0.373 e. The monoisotopic (exact) mass is 276 g/mol. The van der Waals surface area contributed by atoms with Gasteiger partial charge in [-0.05, 0) is 18.1 Å². The molecule has 0 spiro atoms. The van der Waals surface area contributed by atoms with E-state index in [1.54, 1.807) is 19.3 Å². The number of nitrogens with zero attached hydrogens (tertiary/aromatic N) is 3. The molecule has 1 amide bonds. The maximum absolute atomic E-state index is 12.4. The van der Waals surface area contributed by atoms with Crippen LogP contribution >= 0.6 is 0 Å². The van der Waals surface area contributed by atoms with Crippen LogP contribution in [0, 0.1) is 5.92 Å². The SMILES string of the molecule is CNc1cc(C(=O)N2CCN(CC(C)C)CC2)ccn1. The number of hydrogen-bond acceptors (Lipinski definition) is 4. The normalized spacial score (nSPS) is 16.5. The molecule has 0 saturated carbocycles. The van der Waals surface area contributed by atoms with Gasteiger partial charge in [-0.2, -0.15) is 0 Å². The molecule has 1 saturated heterocycles. The van der Waals surface area contributed by atoms with Gasteiger partial charge in [0.2, 0.25) is 0 Å². The molecule has 0 unspecified atom stereocenters. The van der Waals surface area contributed by atoms with E-state index in [9.17, 15) is 4.79 Å². The molecule has 1 aliphatic heterocycles. The van der Waals surface area contributed by atoms with E-state index >= 15 is 0 Å². The van der Waals surface area contributed by atoms with Crippen molar-refractivity contribution in [3.8, 4) is 0 Å². The molecular weight excluding hydrogens is 252 g/mol. The molecule has 110 valence electrons. The van der Waals surface area contributed by atoms with Gasteiger partial charge in [0.05, 0.1) is 0 Å². The van der Waals surface area contributed by atoms with Crippen molar-refractivity contribution in [1.82, 2.24) is 14.8 Å². The van der Waals surface area contributed by atoms with Crippen LogP contribution < -0.4 is 5.32 Å². The van der Waals surface area contributed by atoms with Gasteiger partial charge in [-0.1, -0.05) is 13.8 Å². The summed E-state index contributed by atoms with van der Waals surface area (Å²) in [5.74, 6) is 1.51. The number of anilines is 1. The average Bonchev–Trinajstić information content (AvgIpc) is 2.47. The van der Waals surface area contributed by atoms with Crippen LogP contribution in [0.5, 0.6) is 0 Å². The molecule has 1 aromatic heterocycles. The molecule has 0 bridgehead atoms. The second-order valence-electron chi connectivity index (χ2n) is 5.67. The van der Waals surface area contributed by atoms with Gasteiger partial charge in [0.25, 0.3) is 5.91 Å². The Morgan fingerprint density at radius 2 is 2.05 bits per heavy atom. The number of carbonyl (C=O) groups excluding carboxylic acids is 1. The first-order chi connectivity index (χ1) is 9.60. The van der Waals surface area contributed by atoms with Crippen LogP contribution in [0.3, 0.4) is 0 Å². The molecule has 0 atom stereocenters. The number of piperazine rings is 1. The minimum Gasteiger partial charge on any atom is -0.373 e. The summed E-state index contributed by atoms with van der Waals surface area (Å²) in [4.78, 5) is 21.0. The lowest BCUT2D eigenvalue weighted by Crippen LogP contribution is -2.49. The summed E-state index contributed by atoms with van der Waals surface area (Å²) in [6, 6.07) is 3.59. The van der Waals surface area contributed by atoms with Gasteiger partial charge in [0.15, 0.2) is 0 Å². The maximum Gasteiger partial charge on any atom is 0.254 e. The number of rotatable bonds is 4. The maximum atomic E-state index is 12.4. The predicted molar refractivity (Wildman–Crippen MR) is 81.0 cm³/mol. The number of hydrogen-bond donors (Lipinski definition) is 1. The van der Waals surface area contributed by atoms with Gasteiger partial charge < -0.3 is 10.2 Å². The zero-order chi connectivity index (χ0) is 14.5. The van der Waals surface area contributed by atoms with Gasteiger partial charge >= 0.3 is 0 Å². The van der Waals surface area contributed by atoms with Crippen molar-refractivity contribution in [2.24, 2.45) is 5.92 Å². The first kappa shape index (κ1) is 14.8. The zero-order valence-corrected chi connectivity index (χ0v) is 12.6. The van der Waals surface area contributed by atoms with Crippen LogP contribution in [-0.2, 0) is 0 Å². The molecule has 1 aliphatic rings. The summed E-state index contributed by atoms with van der Waals surface area (Å²) >= 11 is 0. The highest BCUT2D eigenvalue weighted by molar-refractivity contribution is 5.94. The summed E-state index contributed by atoms with van der Waals surface area (Å²) in [6.45, 7) is 9.12. The highest BCUT2D eigenvalue weighted by Crippen LogP contribution is 2.12. The van der Waals surface area contributed by atoms with E-state index in [2.05, 4.69) is 29.0 Å². The third-order valence-corrected chi connectivity index (χ3v) is 3.55. The van der Waals surface area contributed by atoms with Crippen LogP contribution in [0.2, 0.25) is 0 Å². The fourth-order valence-electron chi connectivity index (χ4n) is 2.53. The molecule has 2 rings (SSSR count). The van der Waals surface area contributed by atoms with Crippen LogP contribution in [-0.4, -0.2) is 60.5 Å². The van der Waals surface area contributed by atoms with Crippen LogP contribution in [0.1, 0.15) is 24.2 Å². The Morgan fingerprint density at radius 3 is 2.65 bits per heavy atom. The Hall–Kier alpha value is -1.62. The Balaban J connectivity index is 1.94. The summed E-state index contributed by atoms with van der Waals surface area (Å²) < 4.78 is 0. The van der Waals surface area contributed by atoms with Crippen molar-refractivity contribution in [2.75, 3.05) is 45.1 Å². The molecule has 0 aromatic carbocycles. The lowest BCUT2D eigenvalue weighted by atomic mass is 10.1. The summed E-state index contributed by atoms with van der Waals surface area (Å²) in [7, 11) is 1.81. The quantitative estimate of drug-likeness (QED) is 0.906. The van der Waals surface area contributed by atoms with Crippen LogP contribution in [0.15, 0.2) is 18.3 Å². The average molecular weight is 276 g/mol. The van der Waals surface area contributed by atoms with Crippen molar-refractivity contribution < 1.29 is 4.79 Å². The fraction of sp³-hybridized carbons (Fsp3) is 0.600. The predicted octanol–water partition coefficient (Wildman–Crippen LogP) is 1.54. The number of carbonyl (C=O) groups is 1. The Kier molecular flexibility index (Phi) is 4.95. The van der Waals surface area contributed by atoms with E-state index in [1.807, 2.05) is 11.0 Å². The van der Waals surface area contributed by atoms with Crippen LogP contribution in [0.25, 0.3) is 0 Å². The number of aromatic nitrogens is 1. The third kappa shape index (κ3) is 3.70. The molecule has 0 radical (unpaired) electrons. The van der Waals surface area contributed by atoms with E-state index < -0.39 is 0 Å². The zero-order valence-electron chi connectivity index (χ0n) is 12.6. The second-order valence-corrected chi connectivity index (χ2v) is 5.67. The lowest BCUT2D eigenvalue weighted by molar-refractivity contribution is 0.0624. The highest BCUT2D eigenvalue weighted by Gasteiger charge is 2.22. The molecular formula is C15H24N4O. The summed E-state index contributed by atoms with van der Waals surface area (Å²) in [5.41, 5.74) is 0.710.